The minimum Gasteiger partial charge on any atom is -0.376 e. The van der Waals surface area contributed by atoms with Gasteiger partial charge < -0.3 is 10.1 Å². The average molecular weight is 268 g/mol. The summed E-state index contributed by atoms with van der Waals surface area (Å²) in [6.45, 7) is 7.80. The molecule has 1 heterocycles. The van der Waals surface area contributed by atoms with Crippen molar-refractivity contribution in [1.29, 1.82) is 0 Å². The van der Waals surface area contributed by atoms with Gasteiger partial charge in [0.2, 0.25) is 0 Å². The van der Waals surface area contributed by atoms with E-state index in [0.717, 1.165) is 25.1 Å². The van der Waals surface area contributed by atoms with E-state index in [4.69, 9.17) is 4.74 Å². The molecule has 0 bridgehead atoms. The molecule has 4 unspecified atom stereocenters. The molecular weight excluding hydrogens is 236 g/mol. The Morgan fingerprint density at radius 2 is 2.00 bits per heavy atom. The lowest BCUT2D eigenvalue weighted by Gasteiger charge is -2.41. The monoisotopic (exact) mass is 268 g/mol. The predicted octanol–water partition coefficient (Wildman–Crippen LogP) is 2.65. The number of nitrogens with zero attached hydrogens (tertiary/aromatic N) is 1. The second kappa shape index (κ2) is 7.61. The topological polar surface area (TPSA) is 24.5 Å². The summed E-state index contributed by atoms with van der Waals surface area (Å²) in [6.07, 6.45) is 8.61. The van der Waals surface area contributed by atoms with Crippen molar-refractivity contribution in [2.24, 2.45) is 5.92 Å². The molecular formula is C16H32N2O. The van der Waals surface area contributed by atoms with Crippen LogP contribution in [-0.4, -0.2) is 49.8 Å². The van der Waals surface area contributed by atoms with Crippen LogP contribution in [0.3, 0.4) is 0 Å². The molecule has 1 saturated carbocycles. The van der Waals surface area contributed by atoms with Gasteiger partial charge in [-0.2, -0.15) is 0 Å². The highest BCUT2D eigenvalue weighted by Gasteiger charge is 2.30. The normalized spacial score (nSPS) is 38.1. The number of ether oxygens (including phenoxy) is 1. The zero-order valence-electron chi connectivity index (χ0n) is 13.0. The van der Waals surface area contributed by atoms with Crippen LogP contribution >= 0.6 is 0 Å². The molecule has 112 valence electrons. The fourth-order valence-electron chi connectivity index (χ4n) is 3.80. The van der Waals surface area contributed by atoms with Crippen LogP contribution in [0.1, 0.15) is 52.4 Å². The number of hydrogen-bond donors (Lipinski definition) is 1. The molecule has 2 aliphatic rings. The highest BCUT2D eigenvalue weighted by atomic mass is 16.5. The summed E-state index contributed by atoms with van der Waals surface area (Å²) in [5.41, 5.74) is 0. The standard InChI is InChI=1S/C16H32N2O/c1-4-15-12-19-13(2)10-18(15)11-14-8-6-5-7-9-16(14)17-3/h13-17H,4-12H2,1-3H3. The Bertz CT molecular complexity index is 259. The summed E-state index contributed by atoms with van der Waals surface area (Å²) in [5.74, 6) is 0.826. The first-order valence-electron chi connectivity index (χ1n) is 8.27. The fraction of sp³-hybridized carbons (Fsp3) is 1.00. The fourth-order valence-corrected chi connectivity index (χ4v) is 3.80. The van der Waals surface area contributed by atoms with Crippen LogP contribution in [0.25, 0.3) is 0 Å². The number of nitrogens with one attached hydrogen (secondary N) is 1. The van der Waals surface area contributed by atoms with E-state index >= 15 is 0 Å². The summed E-state index contributed by atoms with van der Waals surface area (Å²) in [6, 6.07) is 1.36. The lowest BCUT2D eigenvalue weighted by atomic mass is 9.93. The second-order valence-electron chi connectivity index (χ2n) is 6.45. The third-order valence-electron chi connectivity index (χ3n) is 5.05. The van der Waals surface area contributed by atoms with E-state index in [2.05, 4.69) is 31.1 Å². The van der Waals surface area contributed by atoms with Crippen LogP contribution in [0, 0.1) is 5.92 Å². The SMILES string of the molecule is CCC1COC(C)CN1CC1CCCCCC1NC. The van der Waals surface area contributed by atoms with E-state index in [1.54, 1.807) is 0 Å². The van der Waals surface area contributed by atoms with Crippen LogP contribution in [-0.2, 0) is 4.74 Å². The molecule has 4 atom stereocenters. The third kappa shape index (κ3) is 4.17. The largest absolute Gasteiger partial charge is 0.376 e. The quantitative estimate of drug-likeness (QED) is 0.793. The predicted molar refractivity (Wildman–Crippen MR) is 80.5 cm³/mol. The molecule has 0 aromatic heterocycles. The van der Waals surface area contributed by atoms with Gasteiger partial charge in [0.25, 0.3) is 0 Å². The number of hydrogen-bond acceptors (Lipinski definition) is 3. The van der Waals surface area contributed by atoms with Gasteiger partial charge in [0.1, 0.15) is 0 Å². The highest BCUT2D eigenvalue weighted by Crippen LogP contribution is 2.26. The Morgan fingerprint density at radius 3 is 2.74 bits per heavy atom. The Kier molecular flexibility index (Phi) is 6.11. The lowest BCUT2D eigenvalue weighted by Crippen LogP contribution is -2.52. The smallest absolute Gasteiger partial charge is 0.0674 e. The van der Waals surface area contributed by atoms with Gasteiger partial charge in [-0.15, -0.1) is 0 Å². The van der Waals surface area contributed by atoms with Gasteiger partial charge in [-0.3, -0.25) is 4.90 Å². The van der Waals surface area contributed by atoms with Crippen molar-refractivity contribution in [2.45, 2.75) is 70.6 Å². The summed E-state index contributed by atoms with van der Waals surface area (Å²) in [7, 11) is 2.14. The summed E-state index contributed by atoms with van der Waals surface area (Å²) in [5, 5.41) is 3.57. The van der Waals surface area contributed by atoms with Gasteiger partial charge in [-0.25, -0.2) is 0 Å². The van der Waals surface area contributed by atoms with Gasteiger partial charge >= 0.3 is 0 Å². The van der Waals surface area contributed by atoms with E-state index in [1.807, 2.05) is 0 Å². The lowest BCUT2D eigenvalue weighted by molar-refractivity contribution is -0.0623. The zero-order valence-corrected chi connectivity index (χ0v) is 13.0. The van der Waals surface area contributed by atoms with E-state index in [0.29, 0.717) is 12.1 Å². The summed E-state index contributed by atoms with van der Waals surface area (Å²) in [4.78, 5) is 2.70. The molecule has 1 saturated heterocycles. The first-order valence-corrected chi connectivity index (χ1v) is 8.27. The molecule has 1 aliphatic heterocycles. The molecule has 0 spiro atoms. The van der Waals surface area contributed by atoms with E-state index in [1.165, 1.54) is 45.1 Å². The van der Waals surface area contributed by atoms with Crippen molar-refractivity contribution < 1.29 is 4.74 Å². The van der Waals surface area contributed by atoms with Crippen LogP contribution in [0.4, 0.5) is 0 Å². The van der Waals surface area contributed by atoms with Crippen molar-refractivity contribution in [3.05, 3.63) is 0 Å². The Morgan fingerprint density at radius 1 is 1.21 bits per heavy atom. The van der Waals surface area contributed by atoms with Gasteiger partial charge in [-0.1, -0.05) is 26.2 Å². The van der Waals surface area contributed by atoms with Crippen molar-refractivity contribution >= 4 is 0 Å². The second-order valence-corrected chi connectivity index (χ2v) is 6.45. The Labute approximate surface area is 119 Å². The molecule has 0 radical (unpaired) electrons. The maximum absolute atomic E-state index is 5.82. The van der Waals surface area contributed by atoms with Crippen molar-refractivity contribution in [3.8, 4) is 0 Å². The van der Waals surface area contributed by atoms with Gasteiger partial charge in [0.15, 0.2) is 0 Å². The van der Waals surface area contributed by atoms with Crippen molar-refractivity contribution in [3.63, 3.8) is 0 Å². The number of rotatable bonds is 4. The molecule has 0 aromatic carbocycles. The molecule has 0 aromatic rings. The Hall–Kier alpha value is -0.120. The van der Waals surface area contributed by atoms with Gasteiger partial charge in [-0.05, 0) is 39.2 Å². The van der Waals surface area contributed by atoms with Gasteiger partial charge in [0.05, 0.1) is 12.7 Å². The Balaban J connectivity index is 1.95. The minimum absolute atomic E-state index is 0.404. The van der Waals surface area contributed by atoms with E-state index in [9.17, 15) is 0 Å². The molecule has 3 heteroatoms. The number of morpholine rings is 1. The van der Waals surface area contributed by atoms with Crippen LogP contribution in [0.5, 0.6) is 0 Å². The first-order chi connectivity index (χ1) is 9.24. The minimum atomic E-state index is 0.404. The summed E-state index contributed by atoms with van der Waals surface area (Å²) >= 11 is 0. The van der Waals surface area contributed by atoms with Gasteiger partial charge in [0, 0.05) is 25.2 Å². The molecule has 19 heavy (non-hydrogen) atoms. The first kappa shape index (κ1) is 15.3. The van der Waals surface area contributed by atoms with Crippen LogP contribution < -0.4 is 5.32 Å². The molecule has 1 N–H and O–H groups in total. The molecule has 3 nitrogen and oxygen atoms in total. The molecule has 1 aliphatic carbocycles. The van der Waals surface area contributed by atoms with Crippen molar-refractivity contribution in [2.75, 3.05) is 26.7 Å². The van der Waals surface area contributed by atoms with Crippen molar-refractivity contribution in [1.82, 2.24) is 10.2 Å². The summed E-state index contributed by atoms with van der Waals surface area (Å²) < 4.78 is 5.82. The van der Waals surface area contributed by atoms with Crippen LogP contribution in [0.15, 0.2) is 0 Å². The maximum Gasteiger partial charge on any atom is 0.0674 e. The van der Waals surface area contributed by atoms with Crippen LogP contribution in [0.2, 0.25) is 0 Å². The maximum atomic E-state index is 5.82. The third-order valence-corrected chi connectivity index (χ3v) is 5.05. The average Bonchev–Trinajstić information content (AvgIpc) is 2.64. The highest BCUT2D eigenvalue weighted by molar-refractivity contribution is 4.85. The van der Waals surface area contributed by atoms with E-state index in [-0.39, 0.29) is 0 Å². The zero-order chi connectivity index (χ0) is 13.7. The molecule has 0 amide bonds. The molecule has 2 rings (SSSR count). The van der Waals surface area contributed by atoms with E-state index < -0.39 is 0 Å². The molecule has 2 fully saturated rings.